The second kappa shape index (κ2) is 4.08. The molecule has 41 valence electrons. The summed E-state index contributed by atoms with van der Waals surface area (Å²) < 4.78 is 0. The Morgan fingerprint density at radius 3 is 2.88 bits per heavy atom. The molecule has 3 radical (unpaired) electrons. The van der Waals surface area contributed by atoms with Gasteiger partial charge in [0.05, 0.1) is 0 Å². The van der Waals surface area contributed by atoms with Gasteiger partial charge in [0.2, 0.25) is 0 Å². The Kier molecular flexibility index (Phi) is 3.52. The van der Waals surface area contributed by atoms with E-state index in [1.165, 1.54) is 0 Å². The van der Waals surface area contributed by atoms with Gasteiger partial charge >= 0.3 is 0 Å². The highest BCUT2D eigenvalue weighted by Crippen LogP contribution is 1.76. The highest BCUT2D eigenvalue weighted by atomic mass is 15.3. The third-order valence-corrected chi connectivity index (χ3v) is 0.628. The Labute approximate surface area is 48.4 Å². The van der Waals surface area contributed by atoms with E-state index in [-0.39, 0.29) is 6.15 Å². The van der Waals surface area contributed by atoms with Crippen molar-refractivity contribution < 1.29 is 0 Å². The monoisotopic (exact) mass is 108 g/mol. The van der Waals surface area contributed by atoms with Gasteiger partial charge in [0, 0.05) is 18.6 Å². The van der Waals surface area contributed by atoms with Crippen LogP contribution in [0.4, 0.5) is 0 Å². The van der Waals surface area contributed by atoms with Crippen LogP contribution in [0.15, 0.2) is 29.5 Å². The molecule has 0 unspecified atom stereocenters. The van der Waals surface area contributed by atoms with Crippen LogP contribution in [0.5, 0.6) is 0 Å². The number of nitrogens with zero attached hydrogens (tertiary/aromatic N) is 2. The van der Waals surface area contributed by atoms with Gasteiger partial charge in [0.15, 0.2) is 0 Å². The van der Waals surface area contributed by atoms with Crippen molar-refractivity contribution in [2.75, 3.05) is 0 Å². The zero-order valence-electron chi connectivity index (χ0n) is 4.28. The third kappa shape index (κ3) is 2.15. The molecule has 0 saturated carbocycles. The van der Waals surface area contributed by atoms with E-state index >= 15 is 0 Å². The van der Waals surface area contributed by atoms with E-state index in [0.717, 1.165) is 0 Å². The second-order valence-electron chi connectivity index (χ2n) is 1.15. The summed E-state index contributed by atoms with van der Waals surface area (Å²) in [7, 11) is 0. The molecule has 1 rings (SSSR count). The van der Waals surface area contributed by atoms with E-state index in [2.05, 4.69) is 10.5 Å². The van der Waals surface area contributed by atoms with Gasteiger partial charge in [-0.2, -0.15) is 5.10 Å². The fraction of sp³-hybridized carbons (Fsp3) is 0. The van der Waals surface area contributed by atoms with Gasteiger partial charge in [-0.3, -0.25) is 5.43 Å². The first-order valence-electron chi connectivity index (χ1n) is 2.10. The first-order valence-corrected chi connectivity index (χ1v) is 2.10. The molecule has 1 aliphatic heterocycles. The molecule has 0 aliphatic carbocycles. The van der Waals surface area contributed by atoms with Gasteiger partial charge in [-0.15, -0.1) is 0 Å². The highest BCUT2D eigenvalue weighted by molar-refractivity contribution is 5.71. The maximum atomic E-state index is 3.72. The maximum Gasteiger partial charge on any atom is 0.0472 e. The molecule has 8 heavy (non-hydrogen) atoms. The van der Waals surface area contributed by atoms with Crippen molar-refractivity contribution in [3.05, 3.63) is 24.4 Å². The Hall–Kier alpha value is -1.09. The van der Waals surface area contributed by atoms with Crippen LogP contribution < -0.4 is 11.6 Å². The van der Waals surface area contributed by atoms with Crippen molar-refractivity contribution >= 4 is 6.21 Å². The molecule has 0 bridgehead atoms. The second-order valence-corrected chi connectivity index (χ2v) is 1.15. The van der Waals surface area contributed by atoms with Crippen LogP contribution in [-0.2, 0) is 0 Å². The van der Waals surface area contributed by atoms with Crippen LogP contribution in [0.2, 0.25) is 0 Å². The minimum Gasteiger partial charge on any atom is -0.286 e. The predicted molar refractivity (Wildman–Crippen MR) is 32.0 cm³/mol. The first kappa shape index (κ1) is 6.91. The number of nitrogens with one attached hydrogen (secondary N) is 1. The lowest BCUT2D eigenvalue weighted by Crippen LogP contribution is -1.89. The fourth-order valence-electron chi connectivity index (χ4n) is 0.342. The summed E-state index contributed by atoms with van der Waals surface area (Å²) in [5.74, 6) is 0. The number of hydrazone groups is 1. The van der Waals surface area contributed by atoms with Crippen LogP contribution >= 0.6 is 0 Å². The molecule has 0 atom stereocenters. The molecule has 0 spiro atoms. The van der Waals surface area contributed by atoms with Crippen molar-refractivity contribution in [1.29, 1.82) is 0 Å². The standard InChI is InChI=1S/C5H6N2.N/c1-2-4-6-7-5-3-1;/h1-6H;. The van der Waals surface area contributed by atoms with Gasteiger partial charge in [0.1, 0.15) is 0 Å². The lowest BCUT2D eigenvalue weighted by molar-refractivity contribution is 0.980. The Balaban J connectivity index is 0.000000490. The van der Waals surface area contributed by atoms with Gasteiger partial charge in [0.25, 0.3) is 0 Å². The zero-order chi connectivity index (χ0) is 4.95. The van der Waals surface area contributed by atoms with Crippen LogP contribution in [0, 0.1) is 0 Å². The molecular weight excluding hydrogens is 102 g/mol. The van der Waals surface area contributed by atoms with Crippen molar-refractivity contribution in [1.82, 2.24) is 11.6 Å². The molecule has 1 aliphatic rings. The Bertz CT molecular complexity index is 110. The highest BCUT2D eigenvalue weighted by Gasteiger charge is 1.68. The van der Waals surface area contributed by atoms with Crippen molar-refractivity contribution in [3.63, 3.8) is 0 Å². The summed E-state index contributed by atoms with van der Waals surface area (Å²) in [6.07, 6.45) is 9.10. The Morgan fingerprint density at radius 2 is 2.00 bits per heavy atom. The lowest BCUT2D eigenvalue weighted by Gasteiger charge is -1.78. The molecule has 0 amide bonds. The Morgan fingerprint density at radius 1 is 1.12 bits per heavy atom. The maximum absolute atomic E-state index is 3.72. The molecule has 3 nitrogen and oxygen atoms in total. The van der Waals surface area contributed by atoms with Gasteiger partial charge < -0.3 is 0 Å². The molecule has 0 fully saturated rings. The number of hydrogen-bond acceptors (Lipinski definition) is 2. The minimum atomic E-state index is 0. The lowest BCUT2D eigenvalue weighted by atomic mass is 10.5. The smallest absolute Gasteiger partial charge is 0.0472 e. The van der Waals surface area contributed by atoms with Crippen molar-refractivity contribution in [2.24, 2.45) is 5.10 Å². The van der Waals surface area contributed by atoms with Gasteiger partial charge in [-0.1, -0.05) is 6.08 Å². The zero-order valence-corrected chi connectivity index (χ0v) is 4.28. The molecular formula is C5H6N3. The average molecular weight is 108 g/mol. The van der Waals surface area contributed by atoms with Crippen LogP contribution in [0.25, 0.3) is 0 Å². The van der Waals surface area contributed by atoms with E-state index < -0.39 is 0 Å². The average Bonchev–Trinajstić information content (AvgIpc) is 1.90. The molecule has 1 heterocycles. The summed E-state index contributed by atoms with van der Waals surface area (Å²) in [6, 6.07) is 0. The summed E-state index contributed by atoms with van der Waals surface area (Å²) in [6.45, 7) is 0. The summed E-state index contributed by atoms with van der Waals surface area (Å²) >= 11 is 0. The predicted octanol–water partition coefficient (Wildman–Crippen LogP) is 0.165. The molecule has 1 N–H and O–H groups in total. The quantitative estimate of drug-likeness (QED) is 0.472. The van der Waals surface area contributed by atoms with Gasteiger partial charge in [-0.05, 0) is 12.2 Å². The molecule has 0 aromatic carbocycles. The normalized spacial score (nSPS) is 14.0. The molecule has 3 heteroatoms. The molecule has 0 aromatic rings. The van der Waals surface area contributed by atoms with Crippen LogP contribution in [0.3, 0.4) is 0 Å². The third-order valence-electron chi connectivity index (χ3n) is 0.628. The summed E-state index contributed by atoms with van der Waals surface area (Å²) in [4.78, 5) is 0. The van der Waals surface area contributed by atoms with E-state index in [1.54, 1.807) is 12.4 Å². The number of hydrogen-bond donors (Lipinski definition) is 1. The van der Waals surface area contributed by atoms with Crippen molar-refractivity contribution in [3.8, 4) is 0 Å². The van der Waals surface area contributed by atoms with E-state index in [4.69, 9.17) is 0 Å². The SMILES string of the molecule is C1=CC=NNC=C1.[N]. The van der Waals surface area contributed by atoms with E-state index in [0.29, 0.717) is 0 Å². The van der Waals surface area contributed by atoms with Crippen LogP contribution in [-0.4, -0.2) is 6.21 Å². The topological polar surface area (TPSA) is 54.9 Å². The largest absolute Gasteiger partial charge is 0.286 e. The van der Waals surface area contributed by atoms with Crippen molar-refractivity contribution in [2.45, 2.75) is 0 Å². The first-order chi connectivity index (χ1) is 3.50. The molecule has 0 aromatic heterocycles. The molecule has 0 saturated heterocycles. The summed E-state index contributed by atoms with van der Waals surface area (Å²) in [5, 5.41) is 3.72. The van der Waals surface area contributed by atoms with Crippen LogP contribution in [0.1, 0.15) is 0 Å². The summed E-state index contributed by atoms with van der Waals surface area (Å²) in [5.41, 5.74) is 2.67. The van der Waals surface area contributed by atoms with E-state index in [9.17, 15) is 0 Å². The number of rotatable bonds is 0. The van der Waals surface area contributed by atoms with E-state index in [1.807, 2.05) is 18.2 Å². The minimum absolute atomic E-state index is 0. The number of allylic oxidation sites excluding steroid dienone is 3. The fourth-order valence-corrected chi connectivity index (χ4v) is 0.342. The van der Waals surface area contributed by atoms with Gasteiger partial charge in [-0.25, -0.2) is 0 Å².